The highest BCUT2D eigenvalue weighted by atomic mass is 19.2. The van der Waals surface area contributed by atoms with E-state index in [1.54, 1.807) is 0 Å². The van der Waals surface area contributed by atoms with E-state index in [-0.39, 0.29) is 38.3 Å². The summed E-state index contributed by atoms with van der Waals surface area (Å²) in [7, 11) is 0. The third-order valence-electron chi connectivity index (χ3n) is 5.36. The number of amides is 1. The number of rotatable bonds is 5. The standard InChI is InChI=1S/C19H19F3N2O6/c20-11-6-12(17(21)18(22)16(11)9-1-2-13(25)14(26)5-9)24-7-10(30-19(24)27)8-28-15-3-4-29-23-15/h3-4,6,9-10,13-14,25-26H,1-2,5,7-8H2/t9-,10+,13+,14-/m0/s1. The first-order valence-corrected chi connectivity index (χ1v) is 9.40. The maximum atomic E-state index is 14.8. The van der Waals surface area contributed by atoms with Gasteiger partial charge in [0.05, 0.1) is 24.4 Å². The number of halogens is 3. The lowest BCUT2D eigenvalue weighted by Crippen LogP contribution is -2.33. The van der Waals surface area contributed by atoms with Gasteiger partial charge in [-0.15, -0.1) is 0 Å². The summed E-state index contributed by atoms with van der Waals surface area (Å²) in [6.07, 6.45) is -2.38. The molecule has 1 amide bonds. The third kappa shape index (κ3) is 3.82. The van der Waals surface area contributed by atoms with Crippen LogP contribution in [0.4, 0.5) is 23.7 Å². The smallest absolute Gasteiger partial charge is 0.414 e. The van der Waals surface area contributed by atoms with Gasteiger partial charge < -0.3 is 24.2 Å². The number of nitrogens with zero attached hydrogens (tertiary/aromatic N) is 2. The van der Waals surface area contributed by atoms with Crippen LogP contribution in [0.3, 0.4) is 0 Å². The van der Waals surface area contributed by atoms with Crippen molar-refractivity contribution in [2.24, 2.45) is 0 Å². The number of hydrogen-bond acceptors (Lipinski definition) is 7. The van der Waals surface area contributed by atoms with Gasteiger partial charge in [0.15, 0.2) is 17.7 Å². The molecule has 30 heavy (non-hydrogen) atoms. The third-order valence-corrected chi connectivity index (χ3v) is 5.36. The fourth-order valence-electron chi connectivity index (χ4n) is 3.82. The Morgan fingerprint density at radius 1 is 1.20 bits per heavy atom. The number of cyclic esters (lactones) is 1. The highest BCUT2D eigenvalue weighted by Gasteiger charge is 2.38. The second-order valence-corrected chi connectivity index (χ2v) is 7.33. The van der Waals surface area contributed by atoms with Crippen LogP contribution in [-0.2, 0) is 4.74 Å². The zero-order chi connectivity index (χ0) is 21.4. The van der Waals surface area contributed by atoms with Crippen molar-refractivity contribution >= 4 is 11.8 Å². The largest absolute Gasteiger partial charge is 0.471 e. The Bertz CT molecular complexity index is 925. The maximum absolute atomic E-state index is 14.8. The van der Waals surface area contributed by atoms with Crippen molar-refractivity contribution in [1.29, 1.82) is 0 Å². The molecule has 2 fully saturated rings. The van der Waals surface area contributed by atoms with Gasteiger partial charge >= 0.3 is 6.09 Å². The van der Waals surface area contributed by atoms with Crippen LogP contribution in [0.1, 0.15) is 30.7 Å². The molecule has 2 heterocycles. The minimum absolute atomic E-state index is 0.0962. The Morgan fingerprint density at radius 2 is 2.00 bits per heavy atom. The van der Waals surface area contributed by atoms with Crippen LogP contribution in [0.2, 0.25) is 0 Å². The molecule has 2 aromatic rings. The topological polar surface area (TPSA) is 105 Å². The van der Waals surface area contributed by atoms with Crippen molar-refractivity contribution in [3.63, 3.8) is 0 Å². The molecule has 162 valence electrons. The minimum Gasteiger partial charge on any atom is -0.471 e. The summed E-state index contributed by atoms with van der Waals surface area (Å²) in [5.74, 6) is -4.47. The predicted octanol–water partition coefficient (Wildman–Crippen LogP) is 2.49. The molecular weight excluding hydrogens is 409 g/mol. The number of ether oxygens (including phenoxy) is 2. The van der Waals surface area contributed by atoms with Crippen molar-refractivity contribution in [2.75, 3.05) is 18.1 Å². The second-order valence-electron chi connectivity index (χ2n) is 7.33. The lowest BCUT2D eigenvalue weighted by Gasteiger charge is -2.31. The highest BCUT2D eigenvalue weighted by molar-refractivity contribution is 5.90. The Hall–Kier alpha value is -2.79. The fraction of sp³-hybridized carbons (Fsp3) is 0.474. The number of aromatic nitrogens is 1. The molecule has 1 aliphatic carbocycles. The molecule has 1 aromatic heterocycles. The van der Waals surface area contributed by atoms with Gasteiger partial charge in [-0.05, 0) is 30.3 Å². The fourth-order valence-corrected chi connectivity index (χ4v) is 3.82. The number of benzene rings is 1. The summed E-state index contributed by atoms with van der Waals surface area (Å²) >= 11 is 0. The normalized spacial score (nSPS) is 26.7. The number of anilines is 1. The Morgan fingerprint density at radius 3 is 2.70 bits per heavy atom. The first kappa shape index (κ1) is 20.5. The molecule has 4 atom stereocenters. The van der Waals surface area contributed by atoms with Crippen LogP contribution < -0.4 is 9.64 Å². The summed E-state index contributed by atoms with van der Waals surface area (Å²) in [6, 6.07) is 2.19. The molecule has 0 spiro atoms. The van der Waals surface area contributed by atoms with Gasteiger partial charge in [-0.1, -0.05) is 0 Å². The lowest BCUT2D eigenvalue weighted by atomic mass is 9.80. The number of carbonyl (C=O) groups excluding carboxylic acids is 1. The van der Waals surface area contributed by atoms with Crippen LogP contribution >= 0.6 is 0 Å². The molecule has 2 N–H and O–H groups in total. The van der Waals surface area contributed by atoms with Crippen molar-refractivity contribution in [3.05, 3.63) is 41.4 Å². The first-order valence-electron chi connectivity index (χ1n) is 9.40. The van der Waals surface area contributed by atoms with Crippen LogP contribution in [0.15, 0.2) is 22.9 Å². The molecule has 1 aromatic carbocycles. The molecule has 2 aliphatic rings. The van der Waals surface area contributed by atoms with Gasteiger partial charge in [0.1, 0.15) is 18.7 Å². The molecule has 1 aliphatic heterocycles. The molecule has 11 heteroatoms. The molecule has 0 bridgehead atoms. The second kappa shape index (κ2) is 8.15. The zero-order valence-electron chi connectivity index (χ0n) is 15.6. The van der Waals surface area contributed by atoms with Gasteiger partial charge in [0, 0.05) is 17.7 Å². The number of hydrogen-bond donors (Lipinski definition) is 2. The minimum atomic E-state index is -1.42. The van der Waals surface area contributed by atoms with Crippen molar-refractivity contribution in [2.45, 2.75) is 43.5 Å². The summed E-state index contributed by atoms with van der Waals surface area (Å²) in [5.41, 5.74) is -1.08. The van der Waals surface area contributed by atoms with Crippen molar-refractivity contribution < 1.29 is 42.2 Å². The summed E-state index contributed by atoms with van der Waals surface area (Å²) in [4.78, 5) is 12.9. The van der Waals surface area contributed by atoms with E-state index in [1.807, 2.05) is 0 Å². The van der Waals surface area contributed by atoms with E-state index in [0.717, 1.165) is 11.0 Å². The Balaban J connectivity index is 1.52. The van der Waals surface area contributed by atoms with Crippen LogP contribution in [0.5, 0.6) is 5.88 Å². The summed E-state index contributed by atoms with van der Waals surface area (Å²) < 4.78 is 59.2. The summed E-state index contributed by atoms with van der Waals surface area (Å²) in [5, 5.41) is 22.9. The number of aliphatic hydroxyl groups excluding tert-OH is 2. The highest BCUT2D eigenvalue weighted by Crippen LogP contribution is 2.39. The lowest BCUT2D eigenvalue weighted by molar-refractivity contribution is -0.0156. The molecule has 1 saturated heterocycles. The molecule has 1 saturated carbocycles. The molecular formula is C19H19F3N2O6. The van der Waals surface area contributed by atoms with Gasteiger partial charge in [-0.3, -0.25) is 4.90 Å². The van der Waals surface area contributed by atoms with Crippen molar-refractivity contribution in [3.8, 4) is 5.88 Å². The van der Waals surface area contributed by atoms with Gasteiger partial charge in [0.25, 0.3) is 5.88 Å². The van der Waals surface area contributed by atoms with E-state index in [1.165, 1.54) is 12.3 Å². The predicted molar refractivity (Wildman–Crippen MR) is 94.5 cm³/mol. The Labute approximate surface area is 168 Å². The van der Waals surface area contributed by atoms with Crippen LogP contribution in [-0.4, -0.2) is 52.9 Å². The summed E-state index contributed by atoms with van der Waals surface area (Å²) in [6.45, 7) is -0.290. The average Bonchev–Trinajstić information content (AvgIpc) is 3.35. The van der Waals surface area contributed by atoms with E-state index >= 15 is 0 Å². The van der Waals surface area contributed by atoms with Crippen molar-refractivity contribution in [1.82, 2.24) is 5.16 Å². The van der Waals surface area contributed by atoms with Crippen LogP contribution in [0.25, 0.3) is 0 Å². The molecule has 0 unspecified atom stereocenters. The van der Waals surface area contributed by atoms with Crippen LogP contribution in [0, 0.1) is 17.5 Å². The van der Waals surface area contributed by atoms with E-state index in [4.69, 9.17) is 9.47 Å². The molecule has 0 radical (unpaired) electrons. The Kier molecular flexibility index (Phi) is 5.56. The van der Waals surface area contributed by atoms with E-state index in [9.17, 15) is 28.2 Å². The van der Waals surface area contributed by atoms with E-state index in [2.05, 4.69) is 9.68 Å². The van der Waals surface area contributed by atoms with Gasteiger partial charge in [-0.25, -0.2) is 18.0 Å². The molecule has 4 rings (SSSR count). The number of aliphatic hydroxyl groups is 2. The van der Waals surface area contributed by atoms with Gasteiger partial charge in [-0.2, -0.15) is 0 Å². The molecule has 8 nitrogen and oxygen atoms in total. The van der Waals surface area contributed by atoms with Gasteiger partial charge in [0.2, 0.25) is 0 Å². The van der Waals surface area contributed by atoms with E-state index < -0.39 is 59.0 Å². The number of carbonyl (C=O) groups is 1. The van der Waals surface area contributed by atoms with E-state index in [0.29, 0.717) is 0 Å². The first-order chi connectivity index (χ1) is 14.3. The monoisotopic (exact) mass is 428 g/mol. The quantitative estimate of drug-likeness (QED) is 0.705. The zero-order valence-corrected chi connectivity index (χ0v) is 15.6. The maximum Gasteiger partial charge on any atom is 0.414 e. The average molecular weight is 428 g/mol. The SMILES string of the molecule is O=C1O[C@@H](COc2ccon2)CN1c1cc(F)c([C@H]2CC[C@@H](O)[C@@H](O)C2)c(F)c1F.